The number of anilines is 1. The third kappa shape index (κ3) is 4.01. The Hall–Kier alpha value is -2.10. The molecular weight excluding hydrogens is 382 g/mol. The number of carbonyl (C=O) groups is 1. The van der Waals surface area contributed by atoms with E-state index in [1.807, 2.05) is 29.6 Å². The number of carbonyl (C=O) groups excluding carboxylic acids is 1. The quantitative estimate of drug-likeness (QED) is 0.693. The molecule has 0 fully saturated rings. The molecule has 2 N–H and O–H groups in total. The van der Waals surface area contributed by atoms with Gasteiger partial charge in [-0.3, -0.25) is 4.79 Å². The molecule has 1 amide bonds. The van der Waals surface area contributed by atoms with Crippen molar-refractivity contribution in [3.05, 3.63) is 46.0 Å². The second-order valence-electron chi connectivity index (χ2n) is 4.66. The minimum absolute atomic E-state index is 0.0141. The van der Waals surface area contributed by atoms with E-state index in [0.717, 1.165) is 15.7 Å². The Labute approximate surface area is 144 Å². The van der Waals surface area contributed by atoms with Gasteiger partial charge in [0.05, 0.1) is 18.5 Å². The second kappa shape index (κ2) is 6.99. The lowest BCUT2D eigenvalue weighted by Gasteiger charge is -2.01. The second-order valence-corrected chi connectivity index (χ2v) is 6.43. The SMILES string of the molecule is O=C(Cn1cc(CO)nn1)Nc1nc(-c2ccc(Br)cc2)cs1. The predicted octanol–water partition coefficient (Wildman–Crippen LogP) is 2.30. The molecule has 2 aromatic heterocycles. The molecule has 0 spiro atoms. The van der Waals surface area contributed by atoms with Gasteiger partial charge in [-0.05, 0) is 12.1 Å². The van der Waals surface area contributed by atoms with Gasteiger partial charge in [-0.1, -0.05) is 33.3 Å². The van der Waals surface area contributed by atoms with Crippen molar-refractivity contribution in [1.29, 1.82) is 0 Å². The molecule has 9 heteroatoms. The summed E-state index contributed by atoms with van der Waals surface area (Å²) in [6.07, 6.45) is 1.52. The summed E-state index contributed by atoms with van der Waals surface area (Å²) in [5.74, 6) is -0.254. The predicted molar refractivity (Wildman–Crippen MR) is 89.8 cm³/mol. The van der Waals surface area contributed by atoms with Gasteiger partial charge in [0, 0.05) is 15.4 Å². The van der Waals surface area contributed by atoms with Crippen molar-refractivity contribution in [2.24, 2.45) is 0 Å². The van der Waals surface area contributed by atoms with E-state index >= 15 is 0 Å². The number of halogens is 1. The normalized spacial score (nSPS) is 10.7. The molecule has 3 aromatic rings. The molecule has 0 radical (unpaired) electrons. The molecule has 1 aromatic carbocycles. The molecule has 7 nitrogen and oxygen atoms in total. The van der Waals surface area contributed by atoms with Crippen LogP contribution in [0.2, 0.25) is 0 Å². The van der Waals surface area contributed by atoms with Crippen LogP contribution in [0.25, 0.3) is 11.3 Å². The van der Waals surface area contributed by atoms with Crippen LogP contribution in [0.1, 0.15) is 5.69 Å². The summed E-state index contributed by atoms with van der Waals surface area (Å²) in [5.41, 5.74) is 2.21. The molecule has 0 unspecified atom stereocenters. The van der Waals surface area contributed by atoms with Crippen LogP contribution < -0.4 is 5.32 Å². The molecule has 0 atom stereocenters. The number of nitrogens with one attached hydrogen (secondary N) is 1. The van der Waals surface area contributed by atoms with E-state index in [2.05, 4.69) is 36.5 Å². The van der Waals surface area contributed by atoms with Crippen molar-refractivity contribution < 1.29 is 9.90 Å². The maximum absolute atomic E-state index is 12.0. The largest absolute Gasteiger partial charge is 0.390 e. The molecule has 0 saturated heterocycles. The molecular formula is C14H12BrN5O2S. The number of aliphatic hydroxyl groups excluding tert-OH is 1. The van der Waals surface area contributed by atoms with Crippen molar-refractivity contribution >= 4 is 38.3 Å². The monoisotopic (exact) mass is 393 g/mol. The first-order valence-corrected chi connectivity index (χ1v) is 8.32. The van der Waals surface area contributed by atoms with Crippen molar-refractivity contribution in [3.8, 4) is 11.3 Å². The van der Waals surface area contributed by atoms with E-state index in [0.29, 0.717) is 10.8 Å². The average molecular weight is 394 g/mol. The zero-order valence-corrected chi connectivity index (χ0v) is 14.2. The number of hydrogen-bond donors (Lipinski definition) is 2. The fourth-order valence-corrected chi connectivity index (χ4v) is 2.88. The molecule has 0 bridgehead atoms. The number of thiazole rings is 1. The van der Waals surface area contributed by atoms with Gasteiger partial charge in [0.15, 0.2) is 5.13 Å². The van der Waals surface area contributed by atoms with Gasteiger partial charge < -0.3 is 10.4 Å². The van der Waals surface area contributed by atoms with Gasteiger partial charge >= 0.3 is 0 Å². The van der Waals surface area contributed by atoms with Gasteiger partial charge in [-0.25, -0.2) is 9.67 Å². The first kappa shape index (κ1) is 15.8. The smallest absolute Gasteiger partial charge is 0.247 e. The molecule has 118 valence electrons. The maximum atomic E-state index is 12.0. The Morgan fingerprint density at radius 3 is 2.83 bits per heavy atom. The summed E-state index contributed by atoms with van der Waals surface area (Å²) >= 11 is 4.75. The third-order valence-electron chi connectivity index (χ3n) is 2.94. The Bertz CT molecular complexity index is 815. The van der Waals surface area contributed by atoms with E-state index in [-0.39, 0.29) is 19.1 Å². The molecule has 0 aliphatic carbocycles. The summed E-state index contributed by atoms with van der Waals surface area (Å²) in [4.78, 5) is 16.4. The number of aliphatic hydroxyl groups is 1. The number of amides is 1. The lowest BCUT2D eigenvalue weighted by Crippen LogP contribution is -2.19. The minimum Gasteiger partial charge on any atom is -0.390 e. The van der Waals surface area contributed by atoms with Crippen molar-refractivity contribution in [2.45, 2.75) is 13.2 Å². The van der Waals surface area contributed by atoms with E-state index in [4.69, 9.17) is 5.11 Å². The lowest BCUT2D eigenvalue weighted by molar-refractivity contribution is -0.116. The summed E-state index contributed by atoms with van der Waals surface area (Å²) in [6, 6.07) is 7.79. The molecule has 0 aliphatic heterocycles. The van der Waals surface area contributed by atoms with Crippen LogP contribution in [0, 0.1) is 0 Å². The van der Waals surface area contributed by atoms with Crippen LogP contribution in [0.15, 0.2) is 40.3 Å². The Balaban J connectivity index is 1.64. The Morgan fingerprint density at radius 2 is 2.13 bits per heavy atom. The van der Waals surface area contributed by atoms with Crippen molar-refractivity contribution in [3.63, 3.8) is 0 Å². The molecule has 0 aliphatic rings. The van der Waals surface area contributed by atoms with Crippen LogP contribution in [-0.4, -0.2) is 31.0 Å². The van der Waals surface area contributed by atoms with Crippen LogP contribution in [0.3, 0.4) is 0 Å². The van der Waals surface area contributed by atoms with Gasteiger partial charge in [0.25, 0.3) is 0 Å². The van der Waals surface area contributed by atoms with E-state index < -0.39 is 0 Å². The van der Waals surface area contributed by atoms with Gasteiger partial charge in [-0.2, -0.15) is 0 Å². The number of rotatable bonds is 5. The number of hydrogen-bond acceptors (Lipinski definition) is 6. The topological polar surface area (TPSA) is 92.9 Å². The number of nitrogens with zero attached hydrogens (tertiary/aromatic N) is 4. The summed E-state index contributed by atoms with van der Waals surface area (Å²) in [7, 11) is 0. The van der Waals surface area contributed by atoms with Gasteiger partial charge in [0.2, 0.25) is 5.91 Å². The zero-order valence-electron chi connectivity index (χ0n) is 11.8. The highest BCUT2D eigenvalue weighted by Gasteiger charge is 2.10. The van der Waals surface area contributed by atoms with Crippen LogP contribution in [-0.2, 0) is 17.9 Å². The highest BCUT2D eigenvalue weighted by atomic mass is 79.9. The Kier molecular flexibility index (Phi) is 4.79. The standard InChI is InChI=1S/C14H12BrN5O2S/c15-10-3-1-9(2-4-10)12-8-23-14(16-12)17-13(22)6-20-5-11(7-21)18-19-20/h1-5,8,21H,6-7H2,(H,16,17,22). The summed E-state index contributed by atoms with van der Waals surface area (Å²) < 4.78 is 2.37. The van der Waals surface area contributed by atoms with Crippen molar-refractivity contribution in [2.75, 3.05) is 5.32 Å². The maximum Gasteiger partial charge on any atom is 0.247 e. The van der Waals surface area contributed by atoms with E-state index in [1.54, 1.807) is 0 Å². The first-order valence-electron chi connectivity index (χ1n) is 6.65. The summed E-state index contributed by atoms with van der Waals surface area (Å²) in [6.45, 7) is -0.190. The first-order chi connectivity index (χ1) is 11.1. The van der Waals surface area contributed by atoms with Gasteiger partial charge in [-0.15, -0.1) is 16.4 Å². The van der Waals surface area contributed by atoms with Crippen LogP contribution in [0.4, 0.5) is 5.13 Å². The van der Waals surface area contributed by atoms with E-state index in [9.17, 15) is 4.79 Å². The minimum atomic E-state index is -0.254. The highest BCUT2D eigenvalue weighted by molar-refractivity contribution is 9.10. The lowest BCUT2D eigenvalue weighted by atomic mass is 10.2. The fourth-order valence-electron chi connectivity index (χ4n) is 1.88. The van der Waals surface area contributed by atoms with Gasteiger partial charge in [0.1, 0.15) is 12.2 Å². The average Bonchev–Trinajstić information content (AvgIpc) is 3.17. The molecule has 3 rings (SSSR count). The molecule has 2 heterocycles. The molecule has 23 heavy (non-hydrogen) atoms. The highest BCUT2D eigenvalue weighted by Crippen LogP contribution is 2.26. The van der Waals surface area contributed by atoms with E-state index in [1.165, 1.54) is 22.2 Å². The fraction of sp³-hybridized carbons (Fsp3) is 0.143. The van der Waals surface area contributed by atoms with Crippen molar-refractivity contribution in [1.82, 2.24) is 20.0 Å². The zero-order chi connectivity index (χ0) is 16.2. The molecule has 0 saturated carbocycles. The Morgan fingerprint density at radius 1 is 1.35 bits per heavy atom. The number of aromatic nitrogens is 4. The summed E-state index contributed by atoms with van der Waals surface area (Å²) in [5, 5.41) is 21.5. The van der Waals surface area contributed by atoms with Crippen LogP contribution in [0.5, 0.6) is 0 Å². The van der Waals surface area contributed by atoms with Crippen LogP contribution >= 0.6 is 27.3 Å². The third-order valence-corrected chi connectivity index (χ3v) is 4.23. The number of benzene rings is 1.